The van der Waals surface area contributed by atoms with Crippen LogP contribution in [0.25, 0.3) is 0 Å². The first-order valence-corrected chi connectivity index (χ1v) is 5.56. The second-order valence-electron chi connectivity index (χ2n) is 4.43. The highest BCUT2D eigenvalue weighted by Gasteiger charge is 2.20. The van der Waals surface area contributed by atoms with Gasteiger partial charge >= 0.3 is 0 Å². The molecule has 0 aromatic rings. The van der Waals surface area contributed by atoms with E-state index in [-0.39, 0.29) is 23.4 Å². The Morgan fingerprint density at radius 3 is 2.14 bits per heavy atom. The van der Waals surface area contributed by atoms with E-state index in [1.807, 2.05) is 20.8 Å². The van der Waals surface area contributed by atoms with Gasteiger partial charge in [-0.05, 0) is 12.3 Å². The van der Waals surface area contributed by atoms with E-state index in [1.54, 1.807) is 0 Å². The Bertz CT molecular complexity index is 194. The molecule has 2 nitrogen and oxygen atoms in total. The Hall–Kier alpha value is -0.660. The van der Waals surface area contributed by atoms with Crippen LogP contribution in [0.4, 0.5) is 0 Å². The monoisotopic (exact) mass is 198 g/mol. The standard InChI is InChI=1S/C12H22O2/c1-5-6-7-10(4)12(14)11(13)8-9(2)3/h9-10H,5-8H2,1-4H3. The zero-order chi connectivity index (χ0) is 11.1. The van der Waals surface area contributed by atoms with Crippen molar-refractivity contribution in [3.63, 3.8) is 0 Å². The minimum absolute atomic E-state index is 0.0822. The number of ketones is 2. The number of hydrogen-bond donors (Lipinski definition) is 0. The van der Waals surface area contributed by atoms with E-state index in [4.69, 9.17) is 0 Å². The summed E-state index contributed by atoms with van der Waals surface area (Å²) in [4.78, 5) is 22.9. The molecule has 14 heavy (non-hydrogen) atoms. The van der Waals surface area contributed by atoms with Gasteiger partial charge in [0.05, 0.1) is 0 Å². The fourth-order valence-electron chi connectivity index (χ4n) is 1.39. The molecule has 0 heterocycles. The molecule has 0 N–H and O–H groups in total. The van der Waals surface area contributed by atoms with Crippen LogP contribution in [0.1, 0.15) is 53.4 Å². The normalized spacial score (nSPS) is 12.9. The first-order valence-electron chi connectivity index (χ1n) is 5.56. The first-order chi connectivity index (χ1) is 6.49. The fourth-order valence-corrected chi connectivity index (χ4v) is 1.39. The molecule has 0 saturated heterocycles. The van der Waals surface area contributed by atoms with Crippen LogP contribution in [0.15, 0.2) is 0 Å². The summed E-state index contributed by atoms with van der Waals surface area (Å²) in [5.74, 6) is -0.165. The number of carbonyl (C=O) groups is 2. The van der Waals surface area contributed by atoms with Crippen molar-refractivity contribution in [2.24, 2.45) is 11.8 Å². The van der Waals surface area contributed by atoms with Crippen LogP contribution in [0.3, 0.4) is 0 Å². The number of rotatable bonds is 7. The highest BCUT2D eigenvalue weighted by Crippen LogP contribution is 2.12. The maximum Gasteiger partial charge on any atom is 0.201 e. The van der Waals surface area contributed by atoms with Crippen LogP contribution >= 0.6 is 0 Å². The topological polar surface area (TPSA) is 34.1 Å². The van der Waals surface area contributed by atoms with Gasteiger partial charge in [-0.15, -0.1) is 0 Å². The zero-order valence-corrected chi connectivity index (χ0v) is 9.80. The van der Waals surface area contributed by atoms with Crippen LogP contribution < -0.4 is 0 Å². The van der Waals surface area contributed by atoms with Gasteiger partial charge in [-0.25, -0.2) is 0 Å². The van der Waals surface area contributed by atoms with Crippen molar-refractivity contribution in [1.82, 2.24) is 0 Å². The molecule has 1 unspecified atom stereocenters. The molecular formula is C12H22O2. The van der Waals surface area contributed by atoms with Gasteiger partial charge < -0.3 is 0 Å². The van der Waals surface area contributed by atoms with E-state index in [0.29, 0.717) is 6.42 Å². The van der Waals surface area contributed by atoms with Crippen molar-refractivity contribution >= 4 is 11.6 Å². The Kier molecular flexibility index (Phi) is 6.43. The highest BCUT2D eigenvalue weighted by atomic mass is 16.2. The number of carbonyl (C=O) groups excluding carboxylic acids is 2. The molecule has 0 aliphatic heterocycles. The molecule has 0 radical (unpaired) electrons. The molecule has 2 heteroatoms. The third-order valence-electron chi connectivity index (χ3n) is 2.31. The lowest BCUT2D eigenvalue weighted by atomic mass is 9.93. The van der Waals surface area contributed by atoms with Gasteiger partial charge in [-0.2, -0.15) is 0 Å². The van der Waals surface area contributed by atoms with Gasteiger partial charge in [0.1, 0.15) is 0 Å². The molecule has 0 aliphatic rings. The van der Waals surface area contributed by atoms with Crippen LogP contribution in [0.5, 0.6) is 0 Å². The molecule has 1 atom stereocenters. The lowest BCUT2D eigenvalue weighted by Gasteiger charge is -2.09. The van der Waals surface area contributed by atoms with Crippen molar-refractivity contribution in [2.75, 3.05) is 0 Å². The summed E-state index contributed by atoms with van der Waals surface area (Å²) in [7, 11) is 0. The van der Waals surface area contributed by atoms with E-state index in [1.165, 1.54) is 0 Å². The molecule has 0 aromatic carbocycles. The summed E-state index contributed by atoms with van der Waals surface area (Å²) in [5, 5.41) is 0. The second-order valence-corrected chi connectivity index (χ2v) is 4.43. The van der Waals surface area contributed by atoms with Gasteiger partial charge in [0.25, 0.3) is 0 Å². The molecule has 0 bridgehead atoms. The Labute approximate surface area is 87.1 Å². The summed E-state index contributed by atoms with van der Waals surface area (Å²) in [6.07, 6.45) is 3.35. The lowest BCUT2D eigenvalue weighted by molar-refractivity contribution is -0.139. The van der Waals surface area contributed by atoms with Gasteiger partial charge in [-0.1, -0.05) is 40.5 Å². The summed E-state index contributed by atoms with van der Waals surface area (Å²) in [6, 6.07) is 0. The molecule has 0 aromatic heterocycles. The molecule has 0 fully saturated rings. The van der Waals surface area contributed by atoms with Crippen molar-refractivity contribution < 1.29 is 9.59 Å². The van der Waals surface area contributed by atoms with E-state index < -0.39 is 0 Å². The summed E-state index contributed by atoms with van der Waals surface area (Å²) in [5.41, 5.74) is 0. The molecule has 82 valence electrons. The van der Waals surface area contributed by atoms with Gasteiger partial charge in [0.15, 0.2) is 5.78 Å². The quantitative estimate of drug-likeness (QED) is 0.589. The van der Waals surface area contributed by atoms with Crippen LogP contribution in [-0.2, 0) is 9.59 Å². The van der Waals surface area contributed by atoms with Crippen LogP contribution in [0, 0.1) is 11.8 Å². The molecule has 0 rings (SSSR count). The maximum absolute atomic E-state index is 11.5. The lowest BCUT2D eigenvalue weighted by Crippen LogP contribution is -2.22. The van der Waals surface area contributed by atoms with E-state index >= 15 is 0 Å². The van der Waals surface area contributed by atoms with Crippen molar-refractivity contribution in [3.05, 3.63) is 0 Å². The first kappa shape index (κ1) is 13.3. The van der Waals surface area contributed by atoms with Crippen molar-refractivity contribution in [3.8, 4) is 0 Å². The van der Waals surface area contributed by atoms with Crippen LogP contribution in [0.2, 0.25) is 0 Å². The van der Waals surface area contributed by atoms with E-state index in [9.17, 15) is 9.59 Å². The maximum atomic E-state index is 11.5. The zero-order valence-electron chi connectivity index (χ0n) is 9.80. The largest absolute Gasteiger partial charge is 0.291 e. The predicted molar refractivity (Wildman–Crippen MR) is 58.2 cm³/mol. The van der Waals surface area contributed by atoms with Crippen molar-refractivity contribution in [2.45, 2.75) is 53.4 Å². The van der Waals surface area contributed by atoms with Gasteiger partial charge in [0, 0.05) is 12.3 Å². The van der Waals surface area contributed by atoms with Gasteiger partial charge in [0.2, 0.25) is 5.78 Å². The number of Topliss-reactive ketones (excluding diaryl/α,β-unsaturated/α-hetero) is 2. The van der Waals surface area contributed by atoms with Gasteiger partial charge in [-0.3, -0.25) is 9.59 Å². The highest BCUT2D eigenvalue weighted by molar-refractivity contribution is 6.37. The van der Waals surface area contributed by atoms with Crippen LogP contribution in [-0.4, -0.2) is 11.6 Å². The smallest absolute Gasteiger partial charge is 0.201 e. The van der Waals surface area contributed by atoms with E-state index in [2.05, 4.69) is 6.92 Å². The predicted octanol–water partition coefficient (Wildman–Crippen LogP) is 3.00. The average molecular weight is 198 g/mol. The van der Waals surface area contributed by atoms with E-state index in [0.717, 1.165) is 19.3 Å². The Morgan fingerprint density at radius 2 is 1.71 bits per heavy atom. The number of unbranched alkanes of at least 4 members (excludes halogenated alkanes) is 1. The molecule has 0 aliphatic carbocycles. The summed E-state index contributed by atoms with van der Waals surface area (Å²) >= 11 is 0. The Balaban J connectivity index is 3.98. The second kappa shape index (κ2) is 6.74. The third kappa shape index (κ3) is 5.15. The molecular weight excluding hydrogens is 176 g/mol. The molecule has 0 amide bonds. The number of hydrogen-bond acceptors (Lipinski definition) is 2. The molecule has 0 spiro atoms. The SMILES string of the molecule is CCCCC(C)C(=O)C(=O)CC(C)C. The fraction of sp³-hybridized carbons (Fsp3) is 0.833. The van der Waals surface area contributed by atoms with Crippen molar-refractivity contribution in [1.29, 1.82) is 0 Å². The minimum atomic E-state index is -0.191. The molecule has 0 saturated carbocycles. The Morgan fingerprint density at radius 1 is 1.14 bits per heavy atom. The summed E-state index contributed by atoms with van der Waals surface area (Å²) in [6.45, 7) is 7.87. The third-order valence-corrected chi connectivity index (χ3v) is 2.31. The minimum Gasteiger partial charge on any atom is -0.291 e. The average Bonchev–Trinajstić information content (AvgIpc) is 2.11. The summed E-state index contributed by atoms with van der Waals surface area (Å²) < 4.78 is 0.